The van der Waals surface area contributed by atoms with Gasteiger partial charge in [0.25, 0.3) is 0 Å². The molecule has 4 heteroatoms. The Balaban J connectivity index is 0.000000706. The molecule has 4 aromatic rings. The molecule has 0 nitrogen and oxygen atoms in total. The van der Waals surface area contributed by atoms with E-state index in [9.17, 15) is 0 Å². The Labute approximate surface area is 198 Å². The second-order valence-electron chi connectivity index (χ2n) is 6.07. The molecule has 0 heterocycles. The van der Waals surface area contributed by atoms with Crippen LogP contribution in [0.4, 0.5) is 0 Å². The van der Waals surface area contributed by atoms with Crippen molar-refractivity contribution in [1.82, 2.24) is 0 Å². The van der Waals surface area contributed by atoms with Gasteiger partial charge in [0.2, 0.25) is 0 Å². The Hall–Kier alpha value is -0.500. The van der Waals surface area contributed by atoms with Gasteiger partial charge in [-0.1, -0.05) is 72.8 Å². The number of halogens is 3. The van der Waals surface area contributed by atoms with E-state index in [2.05, 4.69) is 159 Å². The third-order valence-corrected chi connectivity index (χ3v) is 8.86. The Bertz CT molecular complexity index is 782. The predicted molar refractivity (Wildman–Crippen MR) is 139 cm³/mol. The summed E-state index contributed by atoms with van der Waals surface area (Å²) >= 11 is 5.30. The first-order chi connectivity index (χ1) is 13.8. The largest absolute Gasteiger partial charge is 0.144 e. The number of hydrogen-bond donors (Lipinski definition) is 0. The SMILES string of the molecule is I[I-]I.c1ccc([P+](c2ccccc2)(c2ccccc2)c2ccccc2)cc1. The van der Waals surface area contributed by atoms with Crippen molar-refractivity contribution in [3.05, 3.63) is 121 Å². The van der Waals surface area contributed by atoms with Gasteiger partial charge in [0.1, 0.15) is 28.5 Å². The quantitative estimate of drug-likeness (QED) is 0.225. The first-order valence-corrected chi connectivity index (χ1v) is 23.2. The minimum atomic E-state index is -1.91. The van der Waals surface area contributed by atoms with Crippen LogP contribution in [0.5, 0.6) is 0 Å². The third-order valence-electron chi connectivity index (χ3n) is 4.57. The summed E-state index contributed by atoms with van der Waals surface area (Å²) in [6.07, 6.45) is 0. The van der Waals surface area contributed by atoms with E-state index in [0.29, 0.717) is 13.3 Å². The fraction of sp³-hybridized carbons (Fsp3) is 0. The number of hydrogen-bond acceptors (Lipinski definition) is 0. The molecule has 4 aromatic carbocycles. The van der Waals surface area contributed by atoms with Crippen molar-refractivity contribution >= 4 is 65.7 Å². The average molecular weight is 720 g/mol. The van der Waals surface area contributed by atoms with Crippen LogP contribution < -0.4 is 34.5 Å². The summed E-state index contributed by atoms with van der Waals surface area (Å²) in [6, 6.07) is 43.8. The molecule has 0 N–H and O–H groups in total. The van der Waals surface area contributed by atoms with Gasteiger partial charge in [-0.15, -0.1) is 0 Å². The summed E-state index contributed by atoms with van der Waals surface area (Å²) in [7, 11) is -1.91. The van der Waals surface area contributed by atoms with E-state index in [0.717, 1.165) is 0 Å². The van der Waals surface area contributed by atoms with Crippen LogP contribution in [0.1, 0.15) is 0 Å². The van der Waals surface area contributed by atoms with E-state index in [1.165, 1.54) is 21.2 Å². The minimum Gasteiger partial charge on any atom is -0.0620 e. The van der Waals surface area contributed by atoms with E-state index >= 15 is 0 Å². The molecule has 0 aliphatic rings. The summed E-state index contributed by atoms with van der Waals surface area (Å²) in [6.45, 7) is 0. The maximum Gasteiger partial charge on any atom is 0.144 e. The van der Waals surface area contributed by atoms with Gasteiger partial charge in [0, 0.05) is 0 Å². The van der Waals surface area contributed by atoms with Crippen molar-refractivity contribution in [2.24, 2.45) is 0 Å². The van der Waals surface area contributed by atoms with Crippen molar-refractivity contribution in [2.45, 2.75) is 0 Å². The topological polar surface area (TPSA) is 0 Å². The molecule has 0 bridgehead atoms. The van der Waals surface area contributed by atoms with Gasteiger partial charge in [0.15, 0.2) is 0 Å². The molecule has 0 saturated carbocycles. The molecule has 0 spiro atoms. The fourth-order valence-electron chi connectivity index (χ4n) is 3.50. The zero-order valence-corrected chi connectivity index (χ0v) is 22.5. The van der Waals surface area contributed by atoms with Gasteiger partial charge in [0.05, 0.1) is 0 Å². The van der Waals surface area contributed by atoms with Gasteiger partial charge in [-0.2, -0.15) is 0 Å². The van der Waals surface area contributed by atoms with Crippen LogP contribution in [-0.4, -0.2) is 0 Å². The summed E-state index contributed by atoms with van der Waals surface area (Å²) in [5.41, 5.74) is 0. The van der Waals surface area contributed by atoms with E-state index in [-0.39, 0.29) is 0 Å². The molecule has 142 valence electrons. The minimum absolute atomic E-state index is 0.530. The van der Waals surface area contributed by atoms with Gasteiger partial charge < -0.3 is 0 Å². The molecule has 0 aliphatic carbocycles. The Morgan fingerprint density at radius 3 is 0.750 bits per heavy atom. The standard InChI is InChI=1S/C24H20P.I3/c1-5-13-21(14-6-1)25(22-15-7-2-8-16-22,23-17-9-3-10-18-23)24-19-11-4-12-20-24;1-3-2/h1-20H;/q+1;-1. The monoisotopic (exact) mass is 720 g/mol. The molecule has 0 amide bonds. The molecular formula is C24H20I3P. The molecule has 0 unspecified atom stereocenters. The Morgan fingerprint density at radius 1 is 0.393 bits per heavy atom. The van der Waals surface area contributed by atoms with Gasteiger partial charge in [-0.25, -0.2) is 0 Å². The number of benzene rings is 4. The van der Waals surface area contributed by atoms with E-state index < -0.39 is 7.26 Å². The summed E-state index contributed by atoms with van der Waals surface area (Å²) < 4.78 is 0. The van der Waals surface area contributed by atoms with Crippen LogP contribution in [-0.2, 0) is 0 Å². The number of rotatable bonds is 4. The second-order valence-corrected chi connectivity index (χ2v) is 25.7. The van der Waals surface area contributed by atoms with Crippen LogP contribution in [0.15, 0.2) is 121 Å². The summed E-state index contributed by atoms with van der Waals surface area (Å²) in [5, 5.41) is 5.55. The van der Waals surface area contributed by atoms with Crippen molar-refractivity contribution in [3.63, 3.8) is 0 Å². The molecule has 0 fully saturated rings. The zero-order chi connectivity index (χ0) is 19.7. The Morgan fingerprint density at radius 2 is 0.571 bits per heavy atom. The maximum atomic E-state index is 2.39. The van der Waals surface area contributed by atoms with Crippen LogP contribution in [0, 0.1) is 0 Å². The molecule has 4 rings (SSSR count). The van der Waals surface area contributed by atoms with Crippen molar-refractivity contribution in [1.29, 1.82) is 0 Å². The van der Waals surface area contributed by atoms with Crippen molar-refractivity contribution in [3.8, 4) is 0 Å². The fourth-order valence-corrected chi connectivity index (χ4v) is 7.77. The van der Waals surface area contributed by atoms with Crippen LogP contribution in [0.25, 0.3) is 0 Å². The van der Waals surface area contributed by atoms with Crippen LogP contribution in [0.2, 0.25) is 0 Å². The first-order valence-electron chi connectivity index (χ1n) is 8.82. The van der Waals surface area contributed by atoms with Crippen LogP contribution >= 0.6 is 44.5 Å². The average Bonchev–Trinajstić information content (AvgIpc) is 2.78. The molecule has 0 aliphatic heterocycles. The van der Waals surface area contributed by atoms with E-state index in [1.807, 2.05) is 0 Å². The van der Waals surface area contributed by atoms with E-state index in [1.54, 1.807) is 0 Å². The molecule has 0 saturated heterocycles. The third kappa shape index (κ3) is 4.97. The maximum absolute atomic E-state index is 2.39. The smallest absolute Gasteiger partial charge is 0.0620 e. The Kier molecular flexibility index (Phi) is 9.21. The van der Waals surface area contributed by atoms with Gasteiger partial charge >= 0.3 is 50.5 Å². The summed E-state index contributed by atoms with van der Waals surface area (Å²) in [4.78, 5) is 0. The molecule has 0 atom stereocenters. The van der Waals surface area contributed by atoms with Crippen LogP contribution in [0.3, 0.4) is 0 Å². The van der Waals surface area contributed by atoms with E-state index in [4.69, 9.17) is 0 Å². The normalized spacial score (nSPS) is 10.8. The molecule has 0 aromatic heterocycles. The molecule has 28 heavy (non-hydrogen) atoms. The van der Waals surface area contributed by atoms with Crippen molar-refractivity contribution < 1.29 is 13.3 Å². The summed E-state index contributed by atoms with van der Waals surface area (Å²) in [5.74, 6) is 0. The second kappa shape index (κ2) is 11.6. The van der Waals surface area contributed by atoms with Gasteiger partial charge in [-0.05, 0) is 48.5 Å². The van der Waals surface area contributed by atoms with Gasteiger partial charge in [-0.3, -0.25) is 0 Å². The first kappa shape index (κ1) is 22.2. The predicted octanol–water partition coefficient (Wildman–Crippen LogP) is 3.08. The molecule has 0 radical (unpaired) electrons. The van der Waals surface area contributed by atoms with Crippen molar-refractivity contribution in [2.75, 3.05) is 0 Å². The molecular weight excluding hydrogens is 700 g/mol. The zero-order valence-electron chi connectivity index (χ0n) is 15.1.